The molecule has 0 spiro atoms. The summed E-state index contributed by atoms with van der Waals surface area (Å²) in [5, 5.41) is 2.93. The van der Waals surface area contributed by atoms with Crippen molar-refractivity contribution in [3.63, 3.8) is 0 Å². The molecule has 0 aromatic heterocycles. The second-order valence-electron chi connectivity index (χ2n) is 8.17. The summed E-state index contributed by atoms with van der Waals surface area (Å²) in [5.74, 6) is -0.131. The number of anilines is 1. The standard InChI is InChI=1S/C21H32N2O2/c1-16(24)23(19-9-7-5-6-8-10-19)15-20(25)22-18-13-11-17(12-14-18)21(2,3)4/h11-14,19H,5-10,15H2,1-4H3,(H,22,25). The molecule has 1 aliphatic rings. The van der Waals surface area contributed by atoms with Crippen molar-refractivity contribution in [2.75, 3.05) is 11.9 Å². The van der Waals surface area contributed by atoms with Gasteiger partial charge in [-0.15, -0.1) is 0 Å². The van der Waals surface area contributed by atoms with E-state index in [-0.39, 0.29) is 29.8 Å². The van der Waals surface area contributed by atoms with Crippen LogP contribution in [0.4, 0.5) is 5.69 Å². The van der Waals surface area contributed by atoms with Crippen molar-refractivity contribution in [3.8, 4) is 0 Å². The zero-order valence-electron chi connectivity index (χ0n) is 16.1. The summed E-state index contributed by atoms with van der Waals surface area (Å²) in [7, 11) is 0. The number of hydrogen-bond donors (Lipinski definition) is 1. The van der Waals surface area contributed by atoms with Crippen LogP contribution >= 0.6 is 0 Å². The van der Waals surface area contributed by atoms with Gasteiger partial charge in [-0.3, -0.25) is 9.59 Å². The van der Waals surface area contributed by atoms with Crippen LogP contribution in [0.15, 0.2) is 24.3 Å². The summed E-state index contributed by atoms with van der Waals surface area (Å²) >= 11 is 0. The van der Waals surface area contributed by atoms with Crippen LogP contribution in [-0.4, -0.2) is 29.3 Å². The van der Waals surface area contributed by atoms with E-state index in [4.69, 9.17) is 0 Å². The molecule has 1 aromatic rings. The predicted octanol–water partition coefficient (Wildman–Crippen LogP) is 4.49. The second kappa shape index (κ2) is 8.50. The molecular weight excluding hydrogens is 312 g/mol. The zero-order valence-corrected chi connectivity index (χ0v) is 16.1. The van der Waals surface area contributed by atoms with Crippen molar-refractivity contribution in [1.29, 1.82) is 0 Å². The van der Waals surface area contributed by atoms with Gasteiger partial charge in [0.15, 0.2) is 0 Å². The molecule has 0 unspecified atom stereocenters. The summed E-state index contributed by atoms with van der Waals surface area (Å²) in [6.45, 7) is 8.20. The molecular formula is C21H32N2O2. The Morgan fingerprint density at radius 1 is 1.04 bits per heavy atom. The Morgan fingerprint density at radius 3 is 2.08 bits per heavy atom. The molecule has 4 heteroatoms. The molecule has 1 saturated carbocycles. The highest BCUT2D eigenvalue weighted by Crippen LogP contribution is 2.24. The monoisotopic (exact) mass is 344 g/mol. The first-order chi connectivity index (χ1) is 11.8. The number of carbonyl (C=O) groups is 2. The minimum absolute atomic E-state index is 0.00914. The third-order valence-electron chi connectivity index (χ3n) is 5.02. The number of rotatable bonds is 4. The SMILES string of the molecule is CC(=O)N(CC(=O)Nc1ccc(C(C)(C)C)cc1)C1CCCCCC1. The maximum Gasteiger partial charge on any atom is 0.244 e. The van der Waals surface area contributed by atoms with Gasteiger partial charge in [0.2, 0.25) is 11.8 Å². The fourth-order valence-corrected chi connectivity index (χ4v) is 3.48. The first kappa shape index (κ1) is 19.5. The summed E-state index contributed by atoms with van der Waals surface area (Å²) in [5.41, 5.74) is 2.10. The average molecular weight is 344 g/mol. The summed E-state index contributed by atoms with van der Waals surface area (Å²) in [6.07, 6.45) is 6.76. The molecule has 2 amide bonds. The van der Waals surface area contributed by atoms with Crippen LogP contribution in [0.2, 0.25) is 0 Å². The molecule has 0 radical (unpaired) electrons. The maximum absolute atomic E-state index is 12.4. The first-order valence-corrected chi connectivity index (χ1v) is 9.45. The molecule has 0 aliphatic heterocycles. The van der Waals surface area contributed by atoms with Crippen molar-refractivity contribution in [2.24, 2.45) is 0 Å². The Hall–Kier alpha value is -1.84. The summed E-state index contributed by atoms with van der Waals surface area (Å²) in [6, 6.07) is 8.16. The molecule has 0 bridgehead atoms. The molecule has 25 heavy (non-hydrogen) atoms. The normalized spacial score (nSPS) is 16.2. The highest BCUT2D eigenvalue weighted by atomic mass is 16.2. The Labute approximate surface area is 152 Å². The van der Waals surface area contributed by atoms with Crippen LogP contribution in [0.1, 0.15) is 71.8 Å². The fourth-order valence-electron chi connectivity index (χ4n) is 3.48. The van der Waals surface area contributed by atoms with E-state index in [0.29, 0.717) is 0 Å². The van der Waals surface area contributed by atoms with E-state index in [9.17, 15) is 9.59 Å². The van der Waals surface area contributed by atoms with Crippen molar-refractivity contribution >= 4 is 17.5 Å². The van der Waals surface area contributed by atoms with Gasteiger partial charge in [-0.05, 0) is 36.0 Å². The van der Waals surface area contributed by atoms with Gasteiger partial charge in [-0.1, -0.05) is 58.6 Å². The lowest BCUT2D eigenvalue weighted by atomic mass is 9.87. The number of nitrogens with one attached hydrogen (secondary N) is 1. The lowest BCUT2D eigenvalue weighted by molar-refractivity contribution is -0.135. The fraction of sp³-hybridized carbons (Fsp3) is 0.619. The summed E-state index contributed by atoms with van der Waals surface area (Å²) in [4.78, 5) is 26.2. The molecule has 1 N–H and O–H groups in total. The lowest BCUT2D eigenvalue weighted by Crippen LogP contribution is -2.43. The van der Waals surface area contributed by atoms with Crippen LogP contribution in [0.25, 0.3) is 0 Å². The molecule has 1 aliphatic carbocycles. The van der Waals surface area contributed by atoms with E-state index in [1.165, 1.54) is 18.4 Å². The van der Waals surface area contributed by atoms with E-state index in [1.54, 1.807) is 11.8 Å². The van der Waals surface area contributed by atoms with Crippen LogP contribution < -0.4 is 5.32 Å². The van der Waals surface area contributed by atoms with Gasteiger partial charge in [-0.2, -0.15) is 0 Å². The Bertz CT molecular complexity index is 579. The number of nitrogens with zero attached hydrogens (tertiary/aromatic N) is 1. The molecule has 4 nitrogen and oxygen atoms in total. The third kappa shape index (κ3) is 5.87. The minimum Gasteiger partial charge on any atom is -0.331 e. The largest absolute Gasteiger partial charge is 0.331 e. The minimum atomic E-state index is -0.122. The average Bonchev–Trinajstić information content (AvgIpc) is 2.81. The van der Waals surface area contributed by atoms with Gasteiger partial charge in [-0.25, -0.2) is 0 Å². The summed E-state index contributed by atoms with van der Waals surface area (Å²) < 4.78 is 0. The highest BCUT2D eigenvalue weighted by Gasteiger charge is 2.24. The Morgan fingerprint density at radius 2 is 1.60 bits per heavy atom. The van der Waals surface area contributed by atoms with Crippen LogP contribution in [0.3, 0.4) is 0 Å². The van der Waals surface area contributed by atoms with E-state index in [2.05, 4.69) is 26.1 Å². The van der Waals surface area contributed by atoms with Crippen LogP contribution in [0, 0.1) is 0 Å². The molecule has 1 fully saturated rings. The van der Waals surface area contributed by atoms with Gasteiger partial charge in [0, 0.05) is 18.7 Å². The number of amides is 2. The number of hydrogen-bond acceptors (Lipinski definition) is 2. The quantitative estimate of drug-likeness (QED) is 0.818. The van der Waals surface area contributed by atoms with Crippen molar-refractivity contribution < 1.29 is 9.59 Å². The Kier molecular flexibility index (Phi) is 6.63. The molecule has 0 atom stereocenters. The van der Waals surface area contributed by atoms with Gasteiger partial charge >= 0.3 is 0 Å². The topological polar surface area (TPSA) is 49.4 Å². The van der Waals surface area contributed by atoms with E-state index in [1.807, 2.05) is 24.3 Å². The zero-order chi connectivity index (χ0) is 18.4. The molecule has 0 saturated heterocycles. The molecule has 1 aromatic carbocycles. The van der Waals surface area contributed by atoms with Crippen LogP contribution in [-0.2, 0) is 15.0 Å². The van der Waals surface area contributed by atoms with Gasteiger partial charge in [0.1, 0.15) is 6.54 Å². The van der Waals surface area contributed by atoms with Crippen LogP contribution in [0.5, 0.6) is 0 Å². The van der Waals surface area contributed by atoms with E-state index in [0.717, 1.165) is 31.4 Å². The van der Waals surface area contributed by atoms with Gasteiger partial charge in [0.05, 0.1) is 0 Å². The van der Waals surface area contributed by atoms with Crippen molar-refractivity contribution in [3.05, 3.63) is 29.8 Å². The highest BCUT2D eigenvalue weighted by molar-refractivity contribution is 5.94. The molecule has 138 valence electrons. The molecule has 2 rings (SSSR count). The maximum atomic E-state index is 12.4. The van der Waals surface area contributed by atoms with Gasteiger partial charge < -0.3 is 10.2 Å². The number of carbonyl (C=O) groups excluding carboxylic acids is 2. The smallest absolute Gasteiger partial charge is 0.244 e. The van der Waals surface area contributed by atoms with E-state index < -0.39 is 0 Å². The second-order valence-corrected chi connectivity index (χ2v) is 8.17. The van der Waals surface area contributed by atoms with Crippen molar-refractivity contribution in [2.45, 2.75) is 77.7 Å². The lowest BCUT2D eigenvalue weighted by Gasteiger charge is -2.29. The number of benzene rings is 1. The first-order valence-electron chi connectivity index (χ1n) is 9.45. The molecule has 0 heterocycles. The van der Waals surface area contributed by atoms with E-state index >= 15 is 0 Å². The predicted molar refractivity (Wildman–Crippen MR) is 103 cm³/mol. The Balaban J connectivity index is 1.97. The van der Waals surface area contributed by atoms with Gasteiger partial charge in [0.25, 0.3) is 0 Å². The third-order valence-corrected chi connectivity index (χ3v) is 5.02. The van der Waals surface area contributed by atoms with Crippen molar-refractivity contribution in [1.82, 2.24) is 4.90 Å².